The van der Waals surface area contributed by atoms with E-state index in [0.29, 0.717) is 5.82 Å². The molecule has 0 spiro atoms. The number of hydrogen-bond donors (Lipinski definition) is 2. The molecule has 18 heavy (non-hydrogen) atoms. The number of nitrogens with two attached hydrogens (primary N) is 1. The third-order valence-corrected chi connectivity index (χ3v) is 3.35. The van der Waals surface area contributed by atoms with Gasteiger partial charge in [-0.05, 0) is 30.9 Å². The largest absolute Gasteiger partial charge is 0.370 e. The maximum atomic E-state index is 11.1. The van der Waals surface area contributed by atoms with E-state index in [-0.39, 0.29) is 12.5 Å². The zero-order valence-corrected chi connectivity index (χ0v) is 10.7. The van der Waals surface area contributed by atoms with Gasteiger partial charge < -0.3 is 16.0 Å². The second kappa shape index (κ2) is 5.82. The van der Waals surface area contributed by atoms with Crippen molar-refractivity contribution in [3.8, 4) is 0 Å². The number of nitrogens with zero attached hydrogens (tertiary/aromatic N) is 2. The Morgan fingerprint density at radius 3 is 2.78 bits per heavy atom. The van der Waals surface area contributed by atoms with Crippen LogP contribution < -0.4 is 16.0 Å². The van der Waals surface area contributed by atoms with Crippen LogP contribution in [0.5, 0.6) is 0 Å². The van der Waals surface area contributed by atoms with Crippen molar-refractivity contribution in [3.05, 3.63) is 18.3 Å². The van der Waals surface area contributed by atoms with Crippen LogP contribution in [0.4, 0.5) is 11.5 Å². The van der Waals surface area contributed by atoms with Crippen LogP contribution in [0.1, 0.15) is 19.8 Å². The highest BCUT2D eigenvalue weighted by Crippen LogP contribution is 2.22. The fourth-order valence-electron chi connectivity index (χ4n) is 2.11. The number of hydrogen-bond acceptors (Lipinski definition) is 4. The fourth-order valence-corrected chi connectivity index (χ4v) is 2.11. The lowest BCUT2D eigenvalue weighted by atomic mass is 9.99. The molecule has 1 saturated heterocycles. The van der Waals surface area contributed by atoms with Crippen LogP contribution in [0, 0.1) is 5.92 Å². The molecule has 2 heterocycles. The Morgan fingerprint density at radius 2 is 2.22 bits per heavy atom. The number of aromatic nitrogens is 1. The maximum absolute atomic E-state index is 11.1. The molecule has 1 aromatic heterocycles. The van der Waals surface area contributed by atoms with Crippen LogP contribution >= 0.6 is 0 Å². The Hall–Kier alpha value is -1.62. The zero-order valence-electron chi connectivity index (χ0n) is 10.7. The third kappa shape index (κ3) is 3.20. The summed E-state index contributed by atoms with van der Waals surface area (Å²) in [6.45, 7) is 4.43. The molecule has 0 radical (unpaired) electrons. The van der Waals surface area contributed by atoms with Crippen molar-refractivity contribution in [1.82, 2.24) is 4.98 Å². The summed E-state index contributed by atoms with van der Waals surface area (Å²) in [5, 5.41) is 2.64. The van der Waals surface area contributed by atoms with Crippen LogP contribution in [0.15, 0.2) is 18.3 Å². The standard InChI is InChI=1S/C13H20N4O/c1-10-4-6-17(7-5-10)11-2-3-12(15-9-11)16-13(18)8-14/h2-3,9-10H,4-8,14H2,1H3,(H,15,16,18). The summed E-state index contributed by atoms with van der Waals surface area (Å²) in [7, 11) is 0. The fraction of sp³-hybridized carbons (Fsp3) is 0.538. The van der Waals surface area contributed by atoms with E-state index in [0.717, 1.165) is 24.7 Å². The molecule has 0 aliphatic carbocycles. The first-order chi connectivity index (χ1) is 8.69. The predicted octanol–water partition coefficient (Wildman–Crippen LogP) is 1.22. The molecular formula is C13H20N4O. The zero-order chi connectivity index (χ0) is 13.0. The van der Waals surface area contributed by atoms with E-state index in [1.54, 1.807) is 0 Å². The summed E-state index contributed by atoms with van der Waals surface area (Å²) in [6.07, 6.45) is 4.26. The Labute approximate surface area is 107 Å². The summed E-state index contributed by atoms with van der Waals surface area (Å²) in [6, 6.07) is 3.82. The van der Waals surface area contributed by atoms with Crippen LogP contribution in [0.3, 0.4) is 0 Å². The first-order valence-electron chi connectivity index (χ1n) is 6.40. The molecule has 1 amide bonds. The van der Waals surface area contributed by atoms with Gasteiger partial charge in [0, 0.05) is 13.1 Å². The third-order valence-electron chi connectivity index (χ3n) is 3.35. The van der Waals surface area contributed by atoms with Gasteiger partial charge in [0.25, 0.3) is 0 Å². The summed E-state index contributed by atoms with van der Waals surface area (Å²) in [5.41, 5.74) is 6.35. The quantitative estimate of drug-likeness (QED) is 0.843. The maximum Gasteiger partial charge on any atom is 0.239 e. The smallest absolute Gasteiger partial charge is 0.239 e. The molecule has 0 bridgehead atoms. The first kappa shape index (κ1) is 12.8. The first-order valence-corrected chi connectivity index (χ1v) is 6.40. The SMILES string of the molecule is CC1CCN(c2ccc(NC(=O)CN)nc2)CC1. The van der Waals surface area contributed by atoms with Crippen LogP contribution in [0.2, 0.25) is 0 Å². The van der Waals surface area contributed by atoms with Gasteiger partial charge in [-0.2, -0.15) is 0 Å². The molecule has 3 N–H and O–H groups in total. The van der Waals surface area contributed by atoms with Crippen LogP contribution in [-0.4, -0.2) is 30.5 Å². The summed E-state index contributed by atoms with van der Waals surface area (Å²) in [5.74, 6) is 1.15. The molecule has 2 rings (SSSR count). The van der Waals surface area contributed by atoms with Crippen LogP contribution in [0.25, 0.3) is 0 Å². The van der Waals surface area contributed by atoms with Gasteiger partial charge in [-0.25, -0.2) is 4.98 Å². The number of piperidine rings is 1. The molecule has 0 aromatic carbocycles. The van der Waals surface area contributed by atoms with E-state index in [4.69, 9.17) is 5.73 Å². The van der Waals surface area contributed by atoms with Gasteiger partial charge in [0.2, 0.25) is 5.91 Å². The van der Waals surface area contributed by atoms with Gasteiger partial charge in [0.05, 0.1) is 18.4 Å². The van der Waals surface area contributed by atoms with Gasteiger partial charge in [-0.3, -0.25) is 4.79 Å². The molecule has 1 fully saturated rings. The monoisotopic (exact) mass is 248 g/mol. The van der Waals surface area contributed by atoms with Crippen molar-refractivity contribution in [1.29, 1.82) is 0 Å². The Kier molecular flexibility index (Phi) is 4.15. The molecule has 1 aliphatic heterocycles. The average Bonchev–Trinajstić information content (AvgIpc) is 2.40. The molecule has 98 valence electrons. The Balaban J connectivity index is 1.97. The normalized spacial score (nSPS) is 16.7. The summed E-state index contributed by atoms with van der Waals surface area (Å²) < 4.78 is 0. The number of rotatable bonds is 3. The summed E-state index contributed by atoms with van der Waals surface area (Å²) in [4.78, 5) is 17.7. The molecule has 1 aliphatic rings. The van der Waals surface area contributed by atoms with E-state index in [2.05, 4.69) is 22.1 Å². The van der Waals surface area contributed by atoms with Gasteiger partial charge in [-0.15, -0.1) is 0 Å². The molecule has 0 saturated carbocycles. The highest BCUT2D eigenvalue weighted by molar-refractivity contribution is 5.91. The average molecular weight is 248 g/mol. The molecule has 5 heteroatoms. The van der Waals surface area contributed by atoms with Gasteiger partial charge >= 0.3 is 0 Å². The van der Waals surface area contributed by atoms with Crippen molar-refractivity contribution < 1.29 is 4.79 Å². The minimum absolute atomic E-state index is 0.0204. The number of pyridine rings is 1. The van der Waals surface area contributed by atoms with Crippen molar-refractivity contribution in [2.75, 3.05) is 29.9 Å². The van der Waals surface area contributed by atoms with E-state index >= 15 is 0 Å². The second-order valence-electron chi connectivity index (χ2n) is 4.82. The van der Waals surface area contributed by atoms with Crippen molar-refractivity contribution in [3.63, 3.8) is 0 Å². The number of anilines is 2. The Morgan fingerprint density at radius 1 is 1.50 bits per heavy atom. The highest BCUT2D eigenvalue weighted by atomic mass is 16.1. The molecule has 1 aromatic rings. The summed E-state index contributed by atoms with van der Waals surface area (Å²) >= 11 is 0. The number of amides is 1. The van der Waals surface area contributed by atoms with E-state index in [1.807, 2.05) is 18.3 Å². The van der Waals surface area contributed by atoms with Crippen molar-refractivity contribution >= 4 is 17.4 Å². The molecular weight excluding hydrogens is 228 g/mol. The van der Waals surface area contributed by atoms with E-state index in [9.17, 15) is 4.79 Å². The lowest BCUT2D eigenvalue weighted by Crippen LogP contribution is -2.32. The predicted molar refractivity (Wildman–Crippen MR) is 72.5 cm³/mol. The van der Waals surface area contributed by atoms with Crippen LogP contribution in [-0.2, 0) is 4.79 Å². The lowest BCUT2D eigenvalue weighted by Gasteiger charge is -2.31. The van der Waals surface area contributed by atoms with Crippen molar-refractivity contribution in [2.24, 2.45) is 11.7 Å². The lowest BCUT2D eigenvalue weighted by molar-refractivity contribution is -0.114. The van der Waals surface area contributed by atoms with Crippen molar-refractivity contribution in [2.45, 2.75) is 19.8 Å². The number of nitrogens with one attached hydrogen (secondary N) is 1. The van der Waals surface area contributed by atoms with Gasteiger partial charge in [0.15, 0.2) is 0 Å². The van der Waals surface area contributed by atoms with E-state index in [1.165, 1.54) is 12.8 Å². The molecule has 0 unspecified atom stereocenters. The minimum atomic E-state index is -0.220. The number of carbonyl (C=O) groups excluding carboxylic acids is 1. The molecule has 5 nitrogen and oxygen atoms in total. The minimum Gasteiger partial charge on any atom is -0.370 e. The van der Waals surface area contributed by atoms with Gasteiger partial charge in [0.1, 0.15) is 5.82 Å². The second-order valence-corrected chi connectivity index (χ2v) is 4.82. The number of carbonyl (C=O) groups is 1. The van der Waals surface area contributed by atoms with E-state index < -0.39 is 0 Å². The molecule has 0 atom stereocenters. The topological polar surface area (TPSA) is 71.2 Å². The Bertz CT molecular complexity index is 396. The highest BCUT2D eigenvalue weighted by Gasteiger charge is 2.16. The van der Waals surface area contributed by atoms with Gasteiger partial charge in [-0.1, -0.05) is 6.92 Å².